The number of rotatable bonds is 0. The number of halogens is 6. The molecule has 1 aliphatic rings. The van der Waals surface area contributed by atoms with Crippen molar-refractivity contribution in [2.45, 2.75) is 31.9 Å². The van der Waals surface area contributed by atoms with Crippen LogP contribution in [0.15, 0.2) is 18.2 Å². The smallest absolute Gasteiger partial charge is 0.476 e. The predicted octanol–water partition coefficient (Wildman–Crippen LogP) is 3.73. The summed E-state index contributed by atoms with van der Waals surface area (Å²) in [6.45, 7) is 2.11. The predicted molar refractivity (Wildman–Crippen MR) is 59.7 cm³/mol. The van der Waals surface area contributed by atoms with E-state index >= 15 is 0 Å². The van der Waals surface area contributed by atoms with Crippen molar-refractivity contribution in [1.29, 1.82) is 0 Å². The summed E-state index contributed by atoms with van der Waals surface area (Å²) in [5.41, 5.74) is -3.85. The Kier molecular flexibility index (Phi) is 3.15. The highest BCUT2D eigenvalue weighted by molar-refractivity contribution is 6.02. The number of hydrogen-bond acceptors (Lipinski definition) is 2. The van der Waals surface area contributed by atoms with E-state index in [4.69, 9.17) is 4.74 Å². The van der Waals surface area contributed by atoms with Crippen molar-refractivity contribution in [3.8, 4) is 5.75 Å². The lowest BCUT2D eigenvalue weighted by molar-refractivity contribution is -0.162. The minimum Gasteiger partial charge on any atom is -0.476 e. The molecular weight excluding hydrogens is 304 g/mol. The maximum absolute atomic E-state index is 13.0. The molecule has 2 rings (SSSR count). The van der Waals surface area contributed by atoms with E-state index in [2.05, 4.69) is 0 Å². The number of benzene rings is 1. The van der Waals surface area contributed by atoms with Crippen molar-refractivity contribution >= 4 is 11.6 Å². The fourth-order valence-corrected chi connectivity index (χ4v) is 1.91. The first-order valence-corrected chi connectivity index (χ1v) is 5.66. The van der Waals surface area contributed by atoms with E-state index in [1.165, 1.54) is 0 Å². The molecule has 0 atom stereocenters. The van der Waals surface area contributed by atoms with E-state index in [0.717, 1.165) is 13.8 Å². The van der Waals surface area contributed by atoms with Crippen molar-refractivity contribution in [3.05, 3.63) is 23.8 Å². The third kappa shape index (κ3) is 2.64. The first kappa shape index (κ1) is 15.5. The third-order valence-electron chi connectivity index (χ3n) is 2.86. The van der Waals surface area contributed by atoms with Crippen molar-refractivity contribution in [1.82, 2.24) is 0 Å². The summed E-state index contributed by atoms with van der Waals surface area (Å²) in [5.74, 6) is -2.05. The Hall–Kier alpha value is -1.93. The number of hydrogen-bond donors (Lipinski definition) is 0. The van der Waals surface area contributed by atoms with Crippen LogP contribution < -0.4 is 9.64 Å². The molecule has 0 aliphatic carbocycles. The lowest BCUT2D eigenvalue weighted by Gasteiger charge is -2.39. The molecule has 0 bridgehead atoms. The summed E-state index contributed by atoms with van der Waals surface area (Å²) in [7, 11) is 0. The van der Waals surface area contributed by atoms with Gasteiger partial charge < -0.3 is 4.74 Å². The Morgan fingerprint density at radius 1 is 1.10 bits per heavy atom. The minimum atomic E-state index is -5.06. The van der Waals surface area contributed by atoms with Gasteiger partial charge in [-0.15, -0.1) is 13.2 Å². The van der Waals surface area contributed by atoms with Gasteiger partial charge in [-0.05, 0) is 32.0 Å². The molecule has 1 aromatic carbocycles. The Labute approximate surface area is 115 Å². The highest BCUT2D eigenvalue weighted by atomic mass is 19.4. The van der Waals surface area contributed by atoms with Gasteiger partial charge in [-0.1, -0.05) is 0 Å². The Morgan fingerprint density at radius 2 is 1.67 bits per heavy atom. The Balaban J connectivity index is 2.63. The molecular formula is C12H9F6NO2. The summed E-state index contributed by atoms with van der Waals surface area (Å²) in [4.78, 5) is 11.3. The number of nitrogens with zero attached hydrogens (tertiary/aromatic N) is 1. The SMILES string of the molecule is CC1(C)Oc2cc(C(F)(F)F)ccc2N(C(F)(F)F)C1=O. The fraction of sp³-hybridized carbons (Fsp3) is 0.417. The van der Waals surface area contributed by atoms with Gasteiger partial charge in [0, 0.05) is 0 Å². The van der Waals surface area contributed by atoms with Crippen LogP contribution in [0.3, 0.4) is 0 Å². The van der Waals surface area contributed by atoms with Crippen molar-refractivity contribution in [3.63, 3.8) is 0 Å². The van der Waals surface area contributed by atoms with Gasteiger partial charge >= 0.3 is 12.5 Å². The second-order valence-electron chi connectivity index (χ2n) is 4.90. The van der Waals surface area contributed by atoms with E-state index < -0.39 is 45.9 Å². The quantitative estimate of drug-likeness (QED) is 0.539. The first-order chi connectivity index (χ1) is 9.34. The summed E-state index contributed by atoms with van der Waals surface area (Å²) in [5, 5.41) is 0. The van der Waals surface area contributed by atoms with Gasteiger partial charge in [-0.2, -0.15) is 13.2 Å². The maximum Gasteiger partial charge on any atom is 0.491 e. The van der Waals surface area contributed by atoms with Crippen LogP contribution in [-0.2, 0) is 11.0 Å². The van der Waals surface area contributed by atoms with Gasteiger partial charge in [0.1, 0.15) is 5.75 Å². The molecule has 3 nitrogen and oxygen atoms in total. The average Bonchev–Trinajstić information content (AvgIpc) is 2.26. The topological polar surface area (TPSA) is 29.5 Å². The molecule has 116 valence electrons. The number of fused-ring (bicyclic) bond motifs is 1. The van der Waals surface area contributed by atoms with Crippen LogP contribution in [0, 0.1) is 0 Å². The van der Waals surface area contributed by atoms with Gasteiger partial charge in [0.15, 0.2) is 5.60 Å². The largest absolute Gasteiger partial charge is 0.491 e. The van der Waals surface area contributed by atoms with Crippen LogP contribution >= 0.6 is 0 Å². The molecule has 0 spiro atoms. The van der Waals surface area contributed by atoms with Crippen molar-refractivity contribution in [2.75, 3.05) is 4.90 Å². The van der Waals surface area contributed by atoms with Gasteiger partial charge in [0.2, 0.25) is 0 Å². The van der Waals surface area contributed by atoms with E-state index in [1.54, 1.807) is 0 Å². The maximum atomic E-state index is 13.0. The molecule has 0 fully saturated rings. The summed E-state index contributed by atoms with van der Waals surface area (Å²) < 4.78 is 81.7. The average molecular weight is 313 g/mol. The van der Waals surface area contributed by atoms with Crippen LogP contribution in [-0.4, -0.2) is 17.8 Å². The number of anilines is 1. The summed E-state index contributed by atoms with van der Waals surface area (Å²) in [6, 6.07) is 1.48. The minimum absolute atomic E-state index is 0.447. The number of alkyl halides is 6. The van der Waals surface area contributed by atoms with E-state index in [-0.39, 0.29) is 0 Å². The molecule has 0 radical (unpaired) electrons. The highest BCUT2D eigenvalue weighted by Gasteiger charge is 2.52. The van der Waals surface area contributed by atoms with Crippen molar-refractivity contribution in [2.24, 2.45) is 0 Å². The molecule has 0 unspecified atom stereocenters. The molecule has 1 aromatic rings. The standard InChI is InChI=1S/C12H9F6NO2/c1-10(2)9(20)19(12(16,17)18)7-4-3-6(11(13,14)15)5-8(7)21-10/h3-5H,1-2H3. The zero-order valence-electron chi connectivity index (χ0n) is 10.8. The van der Waals surface area contributed by atoms with Crippen LogP contribution in [0.4, 0.5) is 32.0 Å². The van der Waals surface area contributed by atoms with Crippen LogP contribution in [0.2, 0.25) is 0 Å². The van der Waals surface area contributed by atoms with E-state index in [0.29, 0.717) is 18.2 Å². The normalized spacial score (nSPS) is 18.3. The third-order valence-corrected chi connectivity index (χ3v) is 2.86. The first-order valence-electron chi connectivity index (χ1n) is 5.66. The molecule has 0 N–H and O–H groups in total. The van der Waals surface area contributed by atoms with Gasteiger partial charge in [-0.25, -0.2) is 4.90 Å². The molecule has 0 saturated heterocycles. The monoisotopic (exact) mass is 313 g/mol. The Bertz CT molecular complexity index is 590. The molecule has 1 amide bonds. The van der Waals surface area contributed by atoms with Crippen LogP contribution in [0.5, 0.6) is 5.75 Å². The Morgan fingerprint density at radius 3 is 2.14 bits per heavy atom. The van der Waals surface area contributed by atoms with E-state index in [9.17, 15) is 31.1 Å². The van der Waals surface area contributed by atoms with Crippen LogP contribution in [0.25, 0.3) is 0 Å². The second kappa shape index (κ2) is 4.28. The number of amides is 1. The van der Waals surface area contributed by atoms with Crippen LogP contribution in [0.1, 0.15) is 19.4 Å². The molecule has 1 heterocycles. The highest BCUT2D eigenvalue weighted by Crippen LogP contribution is 2.45. The lowest BCUT2D eigenvalue weighted by Crippen LogP contribution is -2.57. The number of carbonyl (C=O) groups excluding carboxylic acids is 1. The molecule has 9 heteroatoms. The molecule has 21 heavy (non-hydrogen) atoms. The summed E-state index contributed by atoms with van der Waals surface area (Å²) in [6.07, 6.45) is -9.79. The fourth-order valence-electron chi connectivity index (χ4n) is 1.91. The molecule has 0 saturated carbocycles. The zero-order chi connectivity index (χ0) is 16.2. The van der Waals surface area contributed by atoms with Gasteiger partial charge in [0.05, 0.1) is 11.3 Å². The second-order valence-corrected chi connectivity index (χ2v) is 4.90. The molecule has 0 aromatic heterocycles. The summed E-state index contributed by atoms with van der Waals surface area (Å²) >= 11 is 0. The van der Waals surface area contributed by atoms with Gasteiger partial charge in [0.25, 0.3) is 5.91 Å². The molecule has 1 aliphatic heterocycles. The van der Waals surface area contributed by atoms with E-state index in [1.807, 2.05) is 0 Å². The zero-order valence-corrected chi connectivity index (χ0v) is 10.8. The van der Waals surface area contributed by atoms with Gasteiger partial charge in [-0.3, -0.25) is 4.79 Å². The van der Waals surface area contributed by atoms with Crippen molar-refractivity contribution < 1.29 is 35.9 Å². The lowest BCUT2D eigenvalue weighted by atomic mass is 10.0. The number of ether oxygens (including phenoxy) is 1. The number of carbonyl (C=O) groups is 1.